The number of rotatable bonds is 8. The predicted octanol–water partition coefficient (Wildman–Crippen LogP) is 4.73. The minimum Gasteiger partial charge on any atom is -0.328 e. The summed E-state index contributed by atoms with van der Waals surface area (Å²) in [6, 6.07) is 6.67. The van der Waals surface area contributed by atoms with Crippen molar-refractivity contribution in [3.05, 3.63) is 59.7 Å². The molecule has 0 aliphatic carbocycles. The van der Waals surface area contributed by atoms with Gasteiger partial charge in [-0.2, -0.15) is 0 Å². The average Bonchev–Trinajstić information content (AvgIpc) is 2.62. The Morgan fingerprint density at radius 1 is 1.04 bits per heavy atom. The topological polar surface area (TPSA) is 51.8 Å². The van der Waals surface area contributed by atoms with E-state index >= 15 is 0 Å². The van der Waals surface area contributed by atoms with Gasteiger partial charge in [-0.1, -0.05) is 33.3 Å². The minimum absolute atomic E-state index is 0.257. The van der Waals surface area contributed by atoms with E-state index in [1.807, 2.05) is 38.6 Å². The Balaban J connectivity index is 0.00000139. The molecular weight excluding hydrogens is 294 g/mol. The lowest BCUT2D eigenvalue weighted by atomic mass is 9.89. The highest BCUT2D eigenvalue weighted by Crippen LogP contribution is 2.19. The third-order valence-corrected chi connectivity index (χ3v) is 4.22. The van der Waals surface area contributed by atoms with Crippen LogP contribution in [0.2, 0.25) is 0 Å². The number of hydrogen-bond acceptors (Lipinski definition) is 3. The Morgan fingerprint density at radius 3 is 2.38 bits per heavy atom. The number of aromatic nitrogens is 2. The Kier molecular flexibility index (Phi) is 9.94. The van der Waals surface area contributed by atoms with Crippen LogP contribution in [0.15, 0.2) is 43.0 Å². The molecule has 3 heteroatoms. The van der Waals surface area contributed by atoms with Gasteiger partial charge in [-0.3, -0.25) is 9.97 Å². The third kappa shape index (κ3) is 7.69. The smallest absolute Gasteiger partial charge is 0.0300 e. The van der Waals surface area contributed by atoms with Crippen LogP contribution in [0.5, 0.6) is 0 Å². The quantitative estimate of drug-likeness (QED) is 0.762. The van der Waals surface area contributed by atoms with Gasteiger partial charge in [0.05, 0.1) is 0 Å². The van der Waals surface area contributed by atoms with E-state index in [2.05, 4.69) is 42.0 Å². The molecule has 2 aromatic rings. The molecule has 0 spiro atoms. The monoisotopic (exact) mass is 327 g/mol. The van der Waals surface area contributed by atoms with Crippen molar-refractivity contribution in [2.45, 2.75) is 65.8 Å². The van der Waals surface area contributed by atoms with Crippen LogP contribution in [-0.2, 0) is 12.8 Å². The molecule has 0 fully saturated rings. The van der Waals surface area contributed by atoms with Gasteiger partial charge in [0, 0.05) is 30.8 Å². The van der Waals surface area contributed by atoms with Gasteiger partial charge in [0.2, 0.25) is 0 Å². The summed E-state index contributed by atoms with van der Waals surface area (Å²) >= 11 is 0. The first-order valence-electron chi connectivity index (χ1n) is 9.22. The molecule has 2 rings (SSSR count). The lowest BCUT2D eigenvalue weighted by Gasteiger charge is -2.20. The Labute approximate surface area is 147 Å². The highest BCUT2D eigenvalue weighted by Gasteiger charge is 2.13. The standard InChI is InChI=1S/C19H27N3.C2H6/c1-3-16(11-17-6-8-21-9-7-17)12-19(20)5-4-18-10-15(2)13-22-14-18;1-2/h6-10,13-14,16,19H,3-5,11-12,20H2,1-2H3;1-2H3. The maximum absolute atomic E-state index is 6.36. The maximum atomic E-state index is 6.36. The second kappa shape index (κ2) is 11.7. The van der Waals surface area contributed by atoms with Crippen LogP contribution < -0.4 is 5.73 Å². The van der Waals surface area contributed by atoms with E-state index in [0.29, 0.717) is 5.92 Å². The third-order valence-electron chi connectivity index (χ3n) is 4.22. The fourth-order valence-corrected chi connectivity index (χ4v) is 2.90. The Morgan fingerprint density at radius 2 is 1.75 bits per heavy atom. The first-order chi connectivity index (χ1) is 11.7. The van der Waals surface area contributed by atoms with E-state index < -0.39 is 0 Å². The molecule has 2 heterocycles. The van der Waals surface area contributed by atoms with Crippen LogP contribution in [0.4, 0.5) is 0 Å². The molecule has 24 heavy (non-hydrogen) atoms. The van der Waals surface area contributed by atoms with Gasteiger partial charge in [-0.15, -0.1) is 0 Å². The molecule has 2 atom stereocenters. The molecular formula is C21H33N3. The summed E-state index contributed by atoms with van der Waals surface area (Å²) < 4.78 is 0. The molecule has 2 unspecified atom stereocenters. The van der Waals surface area contributed by atoms with E-state index in [1.54, 1.807) is 0 Å². The van der Waals surface area contributed by atoms with Gasteiger partial charge in [0.1, 0.15) is 0 Å². The fraction of sp³-hybridized carbons (Fsp3) is 0.524. The Hall–Kier alpha value is -1.74. The molecule has 0 aliphatic heterocycles. The second-order valence-electron chi connectivity index (χ2n) is 6.24. The molecule has 0 aliphatic rings. The molecule has 0 saturated carbocycles. The molecule has 3 nitrogen and oxygen atoms in total. The molecule has 0 bridgehead atoms. The van der Waals surface area contributed by atoms with E-state index in [4.69, 9.17) is 5.73 Å². The summed E-state index contributed by atoms with van der Waals surface area (Å²) in [5.41, 5.74) is 10.2. The summed E-state index contributed by atoms with van der Waals surface area (Å²) in [5, 5.41) is 0. The lowest BCUT2D eigenvalue weighted by molar-refractivity contribution is 0.405. The first kappa shape index (κ1) is 20.3. The fourth-order valence-electron chi connectivity index (χ4n) is 2.90. The summed E-state index contributed by atoms with van der Waals surface area (Å²) in [7, 11) is 0. The zero-order valence-electron chi connectivity index (χ0n) is 15.7. The van der Waals surface area contributed by atoms with Crippen molar-refractivity contribution in [2.24, 2.45) is 11.7 Å². The number of nitrogens with two attached hydrogens (primary N) is 1. The largest absolute Gasteiger partial charge is 0.328 e. The van der Waals surface area contributed by atoms with Crippen molar-refractivity contribution in [1.29, 1.82) is 0 Å². The van der Waals surface area contributed by atoms with E-state index in [0.717, 1.165) is 25.7 Å². The highest BCUT2D eigenvalue weighted by molar-refractivity contribution is 5.16. The number of pyridine rings is 2. The van der Waals surface area contributed by atoms with Crippen LogP contribution in [0.25, 0.3) is 0 Å². The van der Waals surface area contributed by atoms with E-state index in [-0.39, 0.29) is 6.04 Å². The Bertz CT molecular complexity index is 554. The van der Waals surface area contributed by atoms with Crippen molar-refractivity contribution in [3.8, 4) is 0 Å². The van der Waals surface area contributed by atoms with Gasteiger partial charge >= 0.3 is 0 Å². The number of aryl methyl sites for hydroxylation is 2. The first-order valence-corrected chi connectivity index (χ1v) is 9.22. The molecule has 2 N–H and O–H groups in total. The van der Waals surface area contributed by atoms with Crippen LogP contribution in [0.3, 0.4) is 0 Å². The molecule has 132 valence electrons. The van der Waals surface area contributed by atoms with Gasteiger partial charge in [-0.25, -0.2) is 0 Å². The molecule has 0 radical (unpaired) electrons. The zero-order chi connectivity index (χ0) is 17.8. The van der Waals surface area contributed by atoms with Crippen LogP contribution in [0.1, 0.15) is 56.7 Å². The summed E-state index contributed by atoms with van der Waals surface area (Å²) in [6.45, 7) is 8.33. The van der Waals surface area contributed by atoms with E-state index in [1.165, 1.54) is 23.1 Å². The van der Waals surface area contributed by atoms with Crippen LogP contribution in [-0.4, -0.2) is 16.0 Å². The minimum atomic E-state index is 0.257. The van der Waals surface area contributed by atoms with Crippen molar-refractivity contribution in [2.75, 3.05) is 0 Å². The molecule has 0 amide bonds. The summed E-state index contributed by atoms with van der Waals surface area (Å²) in [4.78, 5) is 8.33. The molecule has 0 aromatic carbocycles. The molecule has 2 aromatic heterocycles. The highest BCUT2D eigenvalue weighted by atomic mass is 14.6. The van der Waals surface area contributed by atoms with Crippen LogP contribution >= 0.6 is 0 Å². The zero-order valence-corrected chi connectivity index (χ0v) is 15.7. The van der Waals surface area contributed by atoms with Gasteiger partial charge in [0.25, 0.3) is 0 Å². The summed E-state index contributed by atoms with van der Waals surface area (Å²) in [6.07, 6.45) is 13.0. The second-order valence-corrected chi connectivity index (χ2v) is 6.24. The van der Waals surface area contributed by atoms with Gasteiger partial charge < -0.3 is 5.73 Å². The van der Waals surface area contributed by atoms with Crippen LogP contribution in [0, 0.1) is 12.8 Å². The SMILES string of the molecule is CC.CCC(Cc1ccncc1)CC(N)CCc1cncc(C)c1. The summed E-state index contributed by atoms with van der Waals surface area (Å²) in [5.74, 6) is 0.646. The number of nitrogens with zero attached hydrogens (tertiary/aromatic N) is 2. The number of hydrogen-bond donors (Lipinski definition) is 1. The predicted molar refractivity (Wildman–Crippen MR) is 103 cm³/mol. The van der Waals surface area contributed by atoms with E-state index in [9.17, 15) is 0 Å². The average molecular weight is 328 g/mol. The maximum Gasteiger partial charge on any atom is 0.0300 e. The lowest BCUT2D eigenvalue weighted by Crippen LogP contribution is -2.25. The van der Waals surface area contributed by atoms with Gasteiger partial charge in [0.15, 0.2) is 0 Å². The van der Waals surface area contributed by atoms with Crippen molar-refractivity contribution in [1.82, 2.24) is 9.97 Å². The van der Waals surface area contributed by atoms with Crippen molar-refractivity contribution >= 4 is 0 Å². The van der Waals surface area contributed by atoms with Gasteiger partial charge in [-0.05, 0) is 67.3 Å². The normalized spacial score (nSPS) is 12.9. The van der Waals surface area contributed by atoms with Crippen molar-refractivity contribution in [3.63, 3.8) is 0 Å². The molecule has 0 saturated heterocycles. The van der Waals surface area contributed by atoms with Crippen molar-refractivity contribution < 1.29 is 0 Å².